The molecule has 28 heavy (non-hydrogen) atoms. The molecule has 0 bridgehead atoms. The van der Waals surface area contributed by atoms with Crippen LogP contribution in [0.15, 0.2) is 58.5 Å². The van der Waals surface area contributed by atoms with Gasteiger partial charge in [0.2, 0.25) is 0 Å². The summed E-state index contributed by atoms with van der Waals surface area (Å²) in [6.45, 7) is 0. The lowest BCUT2D eigenvalue weighted by Gasteiger charge is -2.08. The summed E-state index contributed by atoms with van der Waals surface area (Å²) in [5.74, 6) is 0.0739. The summed E-state index contributed by atoms with van der Waals surface area (Å²) in [4.78, 5) is 12.4. The summed E-state index contributed by atoms with van der Waals surface area (Å²) < 4.78 is 5.68. The molecule has 0 saturated carbocycles. The lowest BCUT2D eigenvalue weighted by atomic mass is 10.2. The van der Waals surface area contributed by atoms with Gasteiger partial charge in [-0.1, -0.05) is 58.5 Å². The largest absolute Gasteiger partial charge is 0.457 e. The summed E-state index contributed by atoms with van der Waals surface area (Å²) in [5, 5.41) is 13.1. The number of hydrogen-bond donors (Lipinski definition) is 1. The number of halogens is 4. The van der Waals surface area contributed by atoms with E-state index in [0.717, 1.165) is 0 Å². The number of hydrogen-bond acceptors (Lipinski definition) is 3. The topological polar surface area (TPSA) is 66.0 Å². The van der Waals surface area contributed by atoms with Crippen molar-refractivity contribution in [2.24, 2.45) is 0 Å². The van der Waals surface area contributed by atoms with Crippen molar-refractivity contribution in [3.63, 3.8) is 0 Å². The van der Waals surface area contributed by atoms with Crippen molar-refractivity contribution in [2.45, 2.75) is 0 Å². The highest BCUT2D eigenvalue weighted by Crippen LogP contribution is 2.35. The van der Waals surface area contributed by atoms with Gasteiger partial charge in [-0.3, -0.25) is 4.79 Å². The van der Waals surface area contributed by atoms with Gasteiger partial charge in [-0.25, -0.2) is 0 Å². The van der Waals surface area contributed by atoms with E-state index in [1.165, 1.54) is 6.08 Å². The molecule has 0 fully saturated rings. The van der Waals surface area contributed by atoms with Crippen molar-refractivity contribution < 1.29 is 9.21 Å². The van der Waals surface area contributed by atoms with E-state index in [1.807, 2.05) is 6.07 Å². The molecule has 3 rings (SSSR count). The van der Waals surface area contributed by atoms with Crippen LogP contribution in [0.3, 0.4) is 0 Å². The normalized spacial score (nSPS) is 11.2. The van der Waals surface area contributed by atoms with Crippen LogP contribution in [0.4, 0.5) is 5.69 Å². The van der Waals surface area contributed by atoms with Crippen LogP contribution in [-0.2, 0) is 4.79 Å². The van der Waals surface area contributed by atoms with Gasteiger partial charge in [0.25, 0.3) is 5.91 Å². The third-order valence-electron chi connectivity index (χ3n) is 3.70. The minimum absolute atomic E-state index is 0.186. The maximum atomic E-state index is 12.4. The molecule has 1 amide bonds. The van der Waals surface area contributed by atoms with E-state index in [-0.39, 0.29) is 21.3 Å². The smallest absolute Gasteiger partial charge is 0.266 e. The SMILES string of the molecule is N#CC(=Cc1ccc(-c2cccc(Cl)c2Cl)o1)C(=O)Nc1c(Cl)cccc1Cl. The van der Waals surface area contributed by atoms with Crippen molar-refractivity contribution in [1.29, 1.82) is 5.26 Å². The van der Waals surface area contributed by atoms with Gasteiger partial charge < -0.3 is 9.73 Å². The maximum absolute atomic E-state index is 12.4. The Morgan fingerprint density at radius 1 is 0.964 bits per heavy atom. The minimum Gasteiger partial charge on any atom is -0.457 e. The zero-order chi connectivity index (χ0) is 20.3. The lowest BCUT2D eigenvalue weighted by molar-refractivity contribution is -0.112. The van der Waals surface area contributed by atoms with Crippen LogP contribution >= 0.6 is 46.4 Å². The van der Waals surface area contributed by atoms with E-state index in [4.69, 9.17) is 50.8 Å². The first-order chi connectivity index (χ1) is 13.4. The summed E-state index contributed by atoms with van der Waals surface area (Å²) >= 11 is 24.3. The third-order valence-corrected chi connectivity index (χ3v) is 5.15. The highest BCUT2D eigenvalue weighted by Gasteiger charge is 2.15. The number of anilines is 1. The van der Waals surface area contributed by atoms with Crippen LogP contribution in [0.5, 0.6) is 0 Å². The first-order valence-electron chi connectivity index (χ1n) is 7.82. The van der Waals surface area contributed by atoms with Crippen molar-refractivity contribution in [2.75, 3.05) is 5.32 Å². The molecule has 140 valence electrons. The zero-order valence-corrected chi connectivity index (χ0v) is 17.0. The van der Waals surface area contributed by atoms with Crippen molar-refractivity contribution in [3.05, 3.63) is 80.0 Å². The molecule has 0 spiro atoms. The van der Waals surface area contributed by atoms with Crippen LogP contribution in [0.1, 0.15) is 5.76 Å². The molecule has 1 N–H and O–H groups in total. The lowest BCUT2D eigenvalue weighted by Crippen LogP contribution is -2.14. The van der Waals surface area contributed by atoms with Gasteiger partial charge in [-0.05, 0) is 36.4 Å². The quantitative estimate of drug-likeness (QED) is 0.339. The van der Waals surface area contributed by atoms with Crippen LogP contribution < -0.4 is 5.32 Å². The van der Waals surface area contributed by atoms with E-state index < -0.39 is 5.91 Å². The second-order valence-electron chi connectivity index (χ2n) is 5.52. The molecule has 0 atom stereocenters. The van der Waals surface area contributed by atoms with E-state index in [0.29, 0.717) is 27.1 Å². The van der Waals surface area contributed by atoms with Gasteiger partial charge in [0.15, 0.2) is 0 Å². The van der Waals surface area contributed by atoms with E-state index in [1.54, 1.807) is 48.5 Å². The highest BCUT2D eigenvalue weighted by atomic mass is 35.5. The van der Waals surface area contributed by atoms with Crippen molar-refractivity contribution >= 4 is 64.1 Å². The summed E-state index contributed by atoms with van der Waals surface area (Å²) in [6, 6.07) is 15.1. The number of nitrogens with one attached hydrogen (secondary N) is 1. The van der Waals surface area contributed by atoms with Crippen LogP contribution in [0.2, 0.25) is 20.1 Å². The average Bonchev–Trinajstić information content (AvgIpc) is 3.13. The Hall–Kier alpha value is -2.42. The Morgan fingerprint density at radius 2 is 1.61 bits per heavy atom. The summed E-state index contributed by atoms with van der Waals surface area (Å²) in [5.41, 5.74) is 0.636. The average molecular weight is 452 g/mol. The summed E-state index contributed by atoms with van der Waals surface area (Å²) in [6.07, 6.45) is 1.31. The second-order valence-corrected chi connectivity index (χ2v) is 7.12. The van der Waals surface area contributed by atoms with Crippen LogP contribution in [0, 0.1) is 11.3 Å². The van der Waals surface area contributed by atoms with E-state index >= 15 is 0 Å². The zero-order valence-electron chi connectivity index (χ0n) is 14.0. The molecule has 0 aliphatic heterocycles. The molecule has 3 aromatic rings. The molecule has 0 radical (unpaired) electrons. The number of benzene rings is 2. The fourth-order valence-electron chi connectivity index (χ4n) is 2.36. The van der Waals surface area contributed by atoms with Gasteiger partial charge in [-0.15, -0.1) is 0 Å². The number of para-hydroxylation sites is 1. The Labute approximate surface area is 180 Å². The molecule has 1 heterocycles. The predicted molar refractivity (Wildman–Crippen MR) is 113 cm³/mol. The summed E-state index contributed by atoms with van der Waals surface area (Å²) in [7, 11) is 0. The second kappa shape index (κ2) is 8.72. The van der Waals surface area contributed by atoms with Gasteiger partial charge in [0.05, 0.1) is 25.8 Å². The van der Waals surface area contributed by atoms with Gasteiger partial charge >= 0.3 is 0 Å². The molecule has 1 aromatic heterocycles. The standard InChI is InChI=1S/C20H10Cl4N2O2/c21-14-4-1-3-13(18(14)24)17-8-7-12(28-17)9-11(10-25)20(27)26-19-15(22)5-2-6-16(19)23/h1-9H,(H,26,27). The fraction of sp³-hybridized carbons (Fsp3) is 0. The number of carbonyl (C=O) groups is 1. The van der Waals surface area contributed by atoms with Gasteiger partial charge in [0, 0.05) is 11.6 Å². The Bertz CT molecular complexity index is 1110. The molecular weight excluding hydrogens is 442 g/mol. The minimum atomic E-state index is -0.670. The van der Waals surface area contributed by atoms with Crippen molar-refractivity contribution in [1.82, 2.24) is 0 Å². The number of amides is 1. The van der Waals surface area contributed by atoms with E-state index in [9.17, 15) is 10.1 Å². The number of nitriles is 1. The molecule has 8 heteroatoms. The first kappa shape index (κ1) is 20.3. The molecule has 0 aliphatic rings. The maximum Gasteiger partial charge on any atom is 0.266 e. The Morgan fingerprint density at radius 3 is 2.29 bits per heavy atom. The molecule has 4 nitrogen and oxygen atoms in total. The molecule has 2 aromatic carbocycles. The number of rotatable bonds is 4. The van der Waals surface area contributed by atoms with Crippen LogP contribution in [0.25, 0.3) is 17.4 Å². The highest BCUT2D eigenvalue weighted by molar-refractivity contribution is 6.43. The Kier molecular flexibility index (Phi) is 6.33. The van der Waals surface area contributed by atoms with Crippen molar-refractivity contribution in [3.8, 4) is 17.4 Å². The van der Waals surface area contributed by atoms with Crippen LogP contribution in [-0.4, -0.2) is 5.91 Å². The Balaban J connectivity index is 1.87. The first-order valence-corrected chi connectivity index (χ1v) is 9.33. The third kappa shape index (κ3) is 4.35. The van der Waals surface area contributed by atoms with Gasteiger partial charge in [-0.2, -0.15) is 5.26 Å². The fourth-order valence-corrected chi connectivity index (χ4v) is 3.24. The molecular formula is C20H10Cl4N2O2. The number of furan rings is 1. The number of nitrogens with zero attached hydrogens (tertiary/aromatic N) is 1. The van der Waals surface area contributed by atoms with Gasteiger partial charge in [0.1, 0.15) is 23.2 Å². The monoisotopic (exact) mass is 450 g/mol. The predicted octanol–water partition coefficient (Wildman–Crippen LogP) is 7.11. The molecule has 0 unspecified atom stereocenters. The number of carbonyl (C=O) groups excluding carboxylic acids is 1. The molecule has 0 saturated heterocycles. The van der Waals surface area contributed by atoms with E-state index in [2.05, 4.69) is 5.32 Å². The molecule has 0 aliphatic carbocycles.